The molecule has 1 aliphatic heterocycles. The van der Waals surface area contributed by atoms with Gasteiger partial charge in [-0.1, -0.05) is 30.7 Å². The predicted octanol–water partition coefficient (Wildman–Crippen LogP) is 5.04. The topological polar surface area (TPSA) is 29.5 Å². The molecule has 0 unspecified atom stereocenters. The molecule has 4 rings (SSSR count). The van der Waals surface area contributed by atoms with E-state index in [1.807, 2.05) is 12.1 Å². The summed E-state index contributed by atoms with van der Waals surface area (Å²) in [6.45, 7) is 2.04. The summed E-state index contributed by atoms with van der Waals surface area (Å²) < 4.78 is 34.9. The molecule has 0 saturated heterocycles. The van der Waals surface area contributed by atoms with Crippen LogP contribution in [0.15, 0.2) is 36.4 Å². The maximum absolute atomic E-state index is 14.9. The molecule has 0 radical (unpaired) electrons. The molecule has 1 N–H and O–H groups in total. The van der Waals surface area contributed by atoms with Gasteiger partial charge in [-0.15, -0.1) is 0 Å². The van der Waals surface area contributed by atoms with Gasteiger partial charge < -0.3 is 9.84 Å². The lowest BCUT2D eigenvalue weighted by atomic mass is 9.54. The summed E-state index contributed by atoms with van der Waals surface area (Å²) in [5, 5.41) is 12.2. The average molecular weight is 379 g/mol. The molecule has 0 amide bonds. The second-order valence-electron chi connectivity index (χ2n) is 7.79. The number of halogens is 3. The van der Waals surface area contributed by atoms with Gasteiger partial charge in [0, 0.05) is 16.0 Å². The van der Waals surface area contributed by atoms with Crippen LogP contribution >= 0.6 is 11.6 Å². The molecular formula is C21H21ClF2O2. The molecule has 1 fully saturated rings. The number of hydrogen-bond donors (Lipinski definition) is 1. The van der Waals surface area contributed by atoms with Crippen molar-refractivity contribution in [1.82, 2.24) is 0 Å². The van der Waals surface area contributed by atoms with E-state index in [2.05, 4.69) is 6.92 Å². The van der Waals surface area contributed by atoms with Crippen LogP contribution in [0.5, 0.6) is 5.75 Å². The first kappa shape index (κ1) is 17.7. The first-order valence-electron chi connectivity index (χ1n) is 8.93. The Labute approximate surface area is 156 Å². The molecule has 138 valence electrons. The van der Waals surface area contributed by atoms with Crippen molar-refractivity contribution in [2.45, 2.75) is 43.6 Å². The quantitative estimate of drug-likeness (QED) is 0.793. The Hall–Kier alpha value is -1.65. The van der Waals surface area contributed by atoms with Crippen LogP contribution in [0.1, 0.15) is 37.3 Å². The molecule has 26 heavy (non-hydrogen) atoms. The molecule has 3 atom stereocenters. The number of fused-ring (bicyclic) bond motifs is 3. The normalized spacial score (nSPS) is 30.3. The fourth-order valence-corrected chi connectivity index (χ4v) is 4.88. The summed E-state index contributed by atoms with van der Waals surface area (Å²) in [6.07, 6.45) is 2.31. The van der Waals surface area contributed by atoms with Gasteiger partial charge in [-0.2, -0.15) is 0 Å². The van der Waals surface area contributed by atoms with E-state index in [0.717, 1.165) is 24.1 Å². The molecule has 2 aliphatic rings. The smallest absolute Gasteiger partial charge is 0.165 e. The van der Waals surface area contributed by atoms with Gasteiger partial charge in [0.05, 0.1) is 0 Å². The van der Waals surface area contributed by atoms with Gasteiger partial charge in [0.1, 0.15) is 18.0 Å². The van der Waals surface area contributed by atoms with E-state index in [-0.39, 0.29) is 17.9 Å². The lowest BCUT2D eigenvalue weighted by molar-refractivity contribution is -0.125. The van der Waals surface area contributed by atoms with Crippen molar-refractivity contribution in [2.75, 3.05) is 6.61 Å². The van der Waals surface area contributed by atoms with E-state index in [1.165, 1.54) is 0 Å². The fraction of sp³-hybridized carbons (Fsp3) is 0.429. The third kappa shape index (κ3) is 2.62. The summed E-state index contributed by atoms with van der Waals surface area (Å²) in [5.74, 6) is -0.876. The average Bonchev–Trinajstić information content (AvgIpc) is 2.60. The molecule has 0 aromatic heterocycles. The standard InChI is InChI=1S/C21H21ClF2O2/c1-13-8-9-20(11-14-2-4-15(22)5-3-14)18-16(23)6-7-17(24)19(18)26-12-21(20,25)10-13/h2-7,13,25H,8-12H2,1H3/t13-,20+,21+/m0/s1. The van der Waals surface area contributed by atoms with Crippen molar-refractivity contribution in [3.63, 3.8) is 0 Å². The Balaban J connectivity index is 1.91. The van der Waals surface area contributed by atoms with Crippen molar-refractivity contribution in [1.29, 1.82) is 0 Å². The second kappa shape index (κ2) is 6.21. The Morgan fingerprint density at radius 1 is 1.15 bits per heavy atom. The molecule has 1 aliphatic carbocycles. The van der Waals surface area contributed by atoms with Gasteiger partial charge in [-0.25, -0.2) is 8.78 Å². The van der Waals surface area contributed by atoms with Gasteiger partial charge in [0.2, 0.25) is 0 Å². The highest BCUT2D eigenvalue weighted by Gasteiger charge is 2.59. The Morgan fingerprint density at radius 3 is 2.58 bits per heavy atom. The SMILES string of the molecule is C[C@H]1CC[C@@]2(Cc3ccc(Cl)cc3)c3c(F)ccc(F)c3OC[C@]2(O)C1. The molecular weight excluding hydrogens is 358 g/mol. The van der Waals surface area contributed by atoms with Crippen LogP contribution in [0.2, 0.25) is 5.02 Å². The summed E-state index contributed by atoms with van der Waals surface area (Å²) in [4.78, 5) is 0. The molecule has 5 heteroatoms. The van der Waals surface area contributed by atoms with Crippen LogP contribution in [0.25, 0.3) is 0 Å². The lowest BCUT2D eigenvalue weighted by Gasteiger charge is -2.55. The number of ether oxygens (including phenoxy) is 1. The summed E-state index contributed by atoms with van der Waals surface area (Å²) in [6, 6.07) is 9.52. The van der Waals surface area contributed by atoms with Crippen LogP contribution in [-0.4, -0.2) is 17.3 Å². The maximum atomic E-state index is 14.9. The zero-order valence-corrected chi connectivity index (χ0v) is 15.3. The summed E-state index contributed by atoms with van der Waals surface area (Å²) in [7, 11) is 0. The van der Waals surface area contributed by atoms with Gasteiger partial charge in [0.25, 0.3) is 0 Å². The van der Waals surface area contributed by atoms with E-state index in [9.17, 15) is 13.9 Å². The Bertz CT molecular complexity index is 839. The highest BCUT2D eigenvalue weighted by molar-refractivity contribution is 6.30. The van der Waals surface area contributed by atoms with E-state index >= 15 is 0 Å². The number of benzene rings is 2. The largest absolute Gasteiger partial charge is 0.487 e. The maximum Gasteiger partial charge on any atom is 0.165 e. The fourth-order valence-electron chi connectivity index (χ4n) is 4.76. The molecule has 2 nitrogen and oxygen atoms in total. The highest BCUT2D eigenvalue weighted by Crippen LogP contribution is 2.56. The molecule has 1 heterocycles. The second-order valence-corrected chi connectivity index (χ2v) is 8.22. The number of aliphatic hydroxyl groups is 1. The van der Waals surface area contributed by atoms with Crippen LogP contribution in [-0.2, 0) is 11.8 Å². The van der Waals surface area contributed by atoms with E-state index in [1.54, 1.807) is 12.1 Å². The minimum absolute atomic E-state index is 0.0295. The Morgan fingerprint density at radius 2 is 1.85 bits per heavy atom. The van der Waals surface area contributed by atoms with Crippen molar-refractivity contribution in [3.05, 3.63) is 64.2 Å². The number of hydrogen-bond acceptors (Lipinski definition) is 2. The molecule has 2 aromatic rings. The van der Waals surface area contributed by atoms with Crippen LogP contribution in [0.4, 0.5) is 8.78 Å². The van der Waals surface area contributed by atoms with Crippen molar-refractivity contribution in [2.24, 2.45) is 5.92 Å². The monoisotopic (exact) mass is 378 g/mol. The number of rotatable bonds is 2. The van der Waals surface area contributed by atoms with E-state index in [0.29, 0.717) is 30.2 Å². The van der Waals surface area contributed by atoms with E-state index < -0.39 is 22.7 Å². The summed E-state index contributed by atoms with van der Waals surface area (Å²) in [5.41, 5.74) is -1.06. The van der Waals surface area contributed by atoms with Gasteiger partial charge in [0.15, 0.2) is 11.6 Å². The predicted molar refractivity (Wildman–Crippen MR) is 96.7 cm³/mol. The highest BCUT2D eigenvalue weighted by atomic mass is 35.5. The molecule has 0 bridgehead atoms. The van der Waals surface area contributed by atoms with Crippen molar-refractivity contribution >= 4 is 11.6 Å². The lowest BCUT2D eigenvalue weighted by Crippen LogP contribution is -2.62. The molecule has 2 aromatic carbocycles. The third-order valence-corrected chi connectivity index (χ3v) is 6.30. The van der Waals surface area contributed by atoms with Crippen LogP contribution < -0.4 is 4.74 Å². The van der Waals surface area contributed by atoms with Gasteiger partial charge in [-0.05, 0) is 61.4 Å². The van der Waals surface area contributed by atoms with E-state index in [4.69, 9.17) is 16.3 Å². The third-order valence-electron chi connectivity index (χ3n) is 6.05. The van der Waals surface area contributed by atoms with Crippen molar-refractivity contribution < 1.29 is 18.6 Å². The first-order valence-corrected chi connectivity index (χ1v) is 9.30. The van der Waals surface area contributed by atoms with Crippen LogP contribution in [0, 0.1) is 17.6 Å². The zero-order chi connectivity index (χ0) is 18.5. The minimum Gasteiger partial charge on any atom is -0.487 e. The Kier molecular flexibility index (Phi) is 4.24. The minimum atomic E-state index is -1.24. The van der Waals surface area contributed by atoms with Gasteiger partial charge >= 0.3 is 0 Å². The van der Waals surface area contributed by atoms with Crippen molar-refractivity contribution in [3.8, 4) is 5.75 Å². The van der Waals surface area contributed by atoms with Crippen LogP contribution in [0.3, 0.4) is 0 Å². The zero-order valence-electron chi connectivity index (χ0n) is 14.6. The molecule has 0 spiro atoms. The van der Waals surface area contributed by atoms with Gasteiger partial charge in [-0.3, -0.25) is 0 Å². The first-order chi connectivity index (χ1) is 12.3. The summed E-state index contributed by atoms with van der Waals surface area (Å²) >= 11 is 5.98. The molecule has 1 saturated carbocycles.